The summed E-state index contributed by atoms with van der Waals surface area (Å²) in [6.07, 6.45) is 0. The van der Waals surface area contributed by atoms with E-state index in [1.807, 2.05) is 0 Å². The molecule has 2 N–H and O–H groups in total. The number of anilines is 1. The normalized spacial score (nSPS) is 12.4. The van der Waals surface area contributed by atoms with E-state index in [4.69, 9.17) is 5.73 Å². The highest BCUT2D eigenvalue weighted by atomic mass is 79.9. The van der Waals surface area contributed by atoms with E-state index < -0.39 is 33.1 Å². The first-order valence-electron chi connectivity index (χ1n) is 5.45. The second kappa shape index (κ2) is 5.97. The van der Waals surface area contributed by atoms with Crippen LogP contribution in [-0.4, -0.2) is 4.21 Å². The molecule has 0 heterocycles. The largest absolute Gasteiger partial charge is 0.399 e. The average Bonchev–Trinajstić information content (AvgIpc) is 2.31. The number of rotatable bonds is 3. The molecule has 0 aliphatic rings. The standard InChI is InChI=1S/C13H9BrF3NOS/c14-10-3-8(15)2-1-7(10)6-20(19)13-11(16)4-9(18)5-12(13)17/h1-5H,6,18H2. The highest BCUT2D eigenvalue weighted by Crippen LogP contribution is 2.25. The fourth-order valence-electron chi connectivity index (χ4n) is 1.65. The third kappa shape index (κ3) is 3.21. The van der Waals surface area contributed by atoms with Gasteiger partial charge in [0.1, 0.15) is 22.3 Å². The minimum absolute atomic E-state index is 0.0799. The van der Waals surface area contributed by atoms with Gasteiger partial charge in [-0.25, -0.2) is 13.2 Å². The minimum atomic E-state index is -1.94. The van der Waals surface area contributed by atoms with Crippen molar-refractivity contribution in [1.82, 2.24) is 0 Å². The van der Waals surface area contributed by atoms with Crippen molar-refractivity contribution in [2.24, 2.45) is 0 Å². The Morgan fingerprint density at radius 2 is 1.70 bits per heavy atom. The molecule has 20 heavy (non-hydrogen) atoms. The zero-order valence-corrected chi connectivity index (χ0v) is 12.4. The summed E-state index contributed by atoms with van der Waals surface area (Å²) in [5.41, 5.74) is 5.70. The van der Waals surface area contributed by atoms with E-state index in [-0.39, 0.29) is 11.4 Å². The van der Waals surface area contributed by atoms with Crippen molar-refractivity contribution in [3.05, 3.63) is 57.8 Å². The molecule has 0 amide bonds. The van der Waals surface area contributed by atoms with Crippen molar-refractivity contribution in [3.8, 4) is 0 Å². The van der Waals surface area contributed by atoms with Gasteiger partial charge >= 0.3 is 0 Å². The van der Waals surface area contributed by atoms with E-state index in [0.29, 0.717) is 10.0 Å². The van der Waals surface area contributed by atoms with Gasteiger partial charge in [0.05, 0.1) is 16.6 Å². The first-order chi connectivity index (χ1) is 9.38. The van der Waals surface area contributed by atoms with E-state index in [1.54, 1.807) is 0 Å². The lowest BCUT2D eigenvalue weighted by atomic mass is 10.2. The molecule has 7 heteroatoms. The summed E-state index contributed by atoms with van der Waals surface area (Å²) in [5, 5.41) is 0. The van der Waals surface area contributed by atoms with E-state index in [2.05, 4.69) is 15.9 Å². The fourth-order valence-corrected chi connectivity index (χ4v) is 3.56. The van der Waals surface area contributed by atoms with Gasteiger partial charge in [0, 0.05) is 10.2 Å². The number of nitrogens with two attached hydrogens (primary N) is 1. The van der Waals surface area contributed by atoms with Crippen LogP contribution in [-0.2, 0) is 16.6 Å². The smallest absolute Gasteiger partial charge is 0.144 e. The first kappa shape index (κ1) is 15.1. The third-order valence-corrected chi connectivity index (χ3v) is 4.71. The lowest BCUT2D eigenvalue weighted by Crippen LogP contribution is -2.04. The van der Waals surface area contributed by atoms with Crippen LogP contribution in [0.15, 0.2) is 39.7 Å². The lowest BCUT2D eigenvalue weighted by molar-refractivity contribution is 0.535. The lowest BCUT2D eigenvalue weighted by Gasteiger charge is -2.08. The number of hydrogen-bond donors (Lipinski definition) is 1. The maximum Gasteiger partial charge on any atom is 0.144 e. The Kier molecular flexibility index (Phi) is 4.49. The first-order valence-corrected chi connectivity index (χ1v) is 7.56. The Morgan fingerprint density at radius 1 is 1.10 bits per heavy atom. The Balaban J connectivity index is 2.33. The molecular formula is C13H9BrF3NOS. The zero-order chi connectivity index (χ0) is 14.9. The van der Waals surface area contributed by atoms with Crippen LogP contribution in [0.3, 0.4) is 0 Å². The van der Waals surface area contributed by atoms with Gasteiger partial charge in [-0.3, -0.25) is 4.21 Å². The van der Waals surface area contributed by atoms with Gasteiger partial charge in [0.25, 0.3) is 0 Å². The molecule has 0 fully saturated rings. The molecule has 0 aromatic heterocycles. The van der Waals surface area contributed by atoms with E-state index in [1.165, 1.54) is 18.2 Å². The van der Waals surface area contributed by atoms with Crippen LogP contribution in [0.1, 0.15) is 5.56 Å². The van der Waals surface area contributed by atoms with Crippen LogP contribution in [0, 0.1) is 17.5 Å². The van der Waals surface area contributed by atoms with Crippen LogP contribution in [0.5, 0.6) is 0 Å². The molecule has 1 unspecified atom stereocenters. The van der Waals surface area contributed by atoms with Crippen molar-refractivity contribution < 1.29 is 17.4 Å². The quantitative estimate of drug-likeness (QED) is 0.843. The molecule has 106 valence electrons. The number of halogens is 4. The van der Waals surface area contributed by atoms with Crippen LogP contribution in [0.4, 0.5) is 18.9 Å². The summed E-state index contributed by atoms with van der Waals surface area (Å²) in [6.45, 7) is 0. The molecular weight excluding hydrogens is 355 g/mol. The summed E-state index contributed by atoms with van der Waals surface area (Å²) in [6, 6.07) is 5.62. The van der Waals surface area contributed by atoms with Gasteiger partial charge in [0.2, 0.25) is 0 Å². The molecule has 1 atom stereocenters. The molecule has 2 rings (SSSR count). The maximum absolute atomic E-state index is 13.6. The fraction of sp³-hybridized carbons (Fsp3) is 0.0769. The maximum atomic E-state index is 13.6. The van der Waals surface area contributed by atoms with E-state index in [9.17, 15) is 17.4 Å². The van der Waals surface area contributed by atoms with Crippen molar-refractivity contribution in [1.29, 1.82) is 0 Å². The van der Waals surface area contributed by atoms with Crippen LogP contribution >= 0.6 is 15.9 Å². The Labute approximate surface area is 124 Å². The van der Waals surface area contributed by atoms with Crippen molar-refractivity contribution in [3.63, 3.8) is 0 Å². The molecule has 0 radical (unpaired) electrons. The monoisotopic (exact) mass is 363 g/mol. The molecule has 2 aromatic carbocycles. The average molecular weight is 364 g/mol. The van der Waals surface area contributed by atoms with Crippen LogP contribution in [0.2, 0.25) is 0 Å². The van der Waals surface area contributed by atoms with Crippen molar-refractivity contribution >= 4 is 32.4 Å². The summed E-state index contributed by atoms with van der Waals surface area (Å²) in [7, 11) is -1.94. The van der Waals surface area contributed by atoms with Gasteiger partial charge < -0.3 is 5.73 Å². The SMILES string of the molecule is Nc1cc(F)c(S(=O)Cc2ccc(F)cc2Br)c(F)c1. The van der Waals surface area contributed by atoms with Crippen molar-refractivity contribution in [2.75, 3.05) is 5.73 Å². The van der Waals surface area contributed by atoms with Gasteiger partial charge in [-0.15, -0.1) is 0 Å². The van der Waals surface area contributed by atoms with E-state index in [0.717, 1.165) is 12.1 Å². The van der Waals surface area contributed by atoms with Crippen LogP contribution < -0.4 is 5.73 Å². The van der Waals surface area contributed by atoms with Gasteiger partial charge in [-0.05, 0) is 29.8 Å². The van der Waals surface area contributed by atoms with Crippen LogP contribution in [0.25, 0.3) is 0 Å². The molecule has 0 aliphatic carbocycles. The number of hydrogen-bond acceptors (Lipinski definition) is 2. The Bertz CT molecular complexity index is 670. The zero-order valence-electron chi connectivity index (χ0n) is 10.00. The Hall–Kier alpha value is -1.34. The summed E-state index contributed by atoms with van der Waals surface area (Å²) >= 11 is 3.11. The Morgan fingerprint density at radius 3 is 2.25 bits per heavy atom. The predicted octanol–water partition coefficient (Wildman–Crippen LogP) is 3.76. The molecule has 0 spiro atoms. The van der Waals surface area contributed by atoms with E-state index >= 15 is 0 Å². The molecule has 0 bridgehead atoms. The summed E-state index contributed by atoms with van der Waals surface area (Å²) < 4.78 is 52.7. The van der Waals surface area contributed by atoms with Gasteiger partial charge in [-0.1, -0.05) is 22.0 Å². The molecule has 2 nitrogen and oxygen atoms in total. The third-order valence-electron chi connectivity index (χ3n) is 2.55. The predicted molar refractivity (Wildman–Crippen MR) is 75.0 cm³/mol. The van der Waals surface area contributed by atoms with Gasteiger partial charge in [0.15, 0.2) is 0 Å². The molecule has 0 saturated heterocycles. The number of benzene rings is 2. The van der Waals surface area contributed by atoms with Gasteiger partial charge in [-0.2, -0.15) is 0 Å². The minimum Gasteiger partial charge on any atom is -0.399 e. The number of nitrogen functional groups attached to an aromatic ring is 1. The topological polar surface area (TPSA) is 43.1 Å². The molecule has 0 saturated carbocycles. The highest BCUT2D eigenvalue weighted by Gasteiger charge is 2.18. The molecule has 2 aromatic rings. The highest BCUT2D eigenvalue weighted by molar-refractivity contribution is 9.10. The summed E-state index contributed by atoms with van der Waals surface area (Å²) in [4.78, 5) is -0.532. The second-order valence-corrected chi connectivity index (χ2v) is 6.28. The molecule has 0 aliphatic heterocycles. The second-order valence-electron chi connectivity index (χ2n) is 4.04. The van der Waals surface area contributed by atoms with Crippen molar-refractivity contribution in [2.45, 2.75) is 10.6 Å². The summed E-state index contributed by atoms with van der Waals surface area (Å²) in [5.74, 6) is -2.52.